The van der Waals surface area contributed by atoms with Crippen molar-refractivity contribution in [2.24, 2.45) is 29.6 Å². The first-order valence-electron chi connectivity index (χ1n) is 10.1. The summed E-state index contributed by atoms with van der Waals surface area (Å²) in [7, 11) is 0. The van der Waals surface area contributed by atoms with Crippen LogP contribution in [0.4, 0.5) is 5.13 Å². The van der Waals surface area contributed by atoms with Crippen LogP contribution in [0.25, 0.3) is 11.3 Å². The Kier molecular flexibility index (Phi) is 5.30. The summed E-state index contributed by atoms with van der Waals surface area (Å²) in [5.74, 6) is -2.27. The first-order valence-corrected chi connectivity index (χ1v) is 10.9. The molecule has 2 bridgehead atoms. The number of nitrogens with one attached hydrogen (secondary N) is 1. The summed E-state index contributed by atoms with van der Waals surface area (Å²) in [6.07, 6.45) is 5.62. The number of benzene rings is 1. The SMILES string of the molecule is Cc1sc(NC(=O)[C@@H]2[C@@H](C(=O)[O-])[C@H]3C=C[C@@H]2C3)nc1-c1ccc(CC(C)C)cc1. The van der Waals surface area contributed by atoms with Crippen LogP contribution in [-0.2, 0) is 16.0 Å². The Bertz CT molecular complexity index is 961. The second-order valence-corrected chi connectivity index (χ2v) is 9.73. The van der Waals surface area contributed by atoms with Gasteiger partial charge < -0.3 is 15.2 Å². The molecule has 0 spiro atoms. The molecule has 5 nitrogen and oxygen atoms in total. The Morgan fingerprint density at radius 1 is 1.17 bits per heavy atom. The van der Waals surface area contributed by atoms with Crippen molar-refractivity contribution in [1.82, 2.24) is 4.98 Å². The average Bonchev–Trinajstić information content (AvgIpc) is 3.36. The first kappa shape index (κ1) is 19.8. The lowest BCUT2D eigenvalue weighted by molar-refractivity contribution is -0.313. The van der Waals surface area contributed by atoms with Crippen molar-refractivity contribution >= 4 is 28.3 Å². The quantitative estimate of drug-likeness (QED) is 0.741. The number of nitrogens with zero attached hydrogens (tertiary/aromatic N) is 1. The summed E-state index contributed by atoms with van der Waals surface area (Å²) < 4.78 is 0. The molecule has 1 amide bonds. The zero-order valence-electron chi connectivity index (χ0n) is 16.8. The fourth-order valence-corrected chi connectivity index (χ4v) is 5.52. The topological polar surface area (TPSA) is 82.1 Å². The Hall–Kier alpha value is -2.47. The maximum atomic E-state index is 12.9. The van der Waals surface area contributed by atoms with E-state index in [9.17, 15) is 14.7 Å². The molecule has 6 heteroatoms. The molecule has 2 aliphatic carbocycles. The Labute approximate surface area is 174 Å². The normalized spacial score (nSPS) is 25.0. The lowest BCUT2D eigenvalue weighted by atomic mass is 9.82. The molecular formula is C23H25N2O3S-. The molecule has 2 aliphatic rings. The van der Waals surface area contributed by atoms with E-state index in [-0.39, 0.29) is 17.7 Å². The minimum Gasteiger partial charge on any atom is -0.550 e. The average molecular weight is 410 g/mol. The first-order chi connectivity index (χ1) is 13.8. The summed E-state index contributed by atoms with van der Waals surface area (Å²) in [4.78, 5) is 30.0. The van der Waals surface area contributed by atoms with Crippen LogP contribution in [0.5, 0.6) is 0 Å². The van der Waals surface area contributed by atoms with Gasteiger partial charge in [-0.15, -0.1) is 11.3 Å². The molecule has 152 valence electrons. The molecule has 0 unspecified atom stereocenters. The molecule has 1 aromatic heterocycles. The summed E-state index contributed by atoms with van der Waals surface area (Å²) in [6, 6.07) is 8.38. The molecule has 29 heavy (non-hydrogen) atoms. The van der Waals surface area contributed by atoms with Crippen molar-refractivity contribution in [3.63, 3.8) is 0 Å². The third kappa shape index (κ3) is 3.86. The summed E-state index contributed by atoms with van der Waals surface area (Å²) in [5.41, 5.74) is 3.16. The Balaban J connectivity index is 1.50. The van der Waals surface area contributed by atoms with Gasteiger partial charge in [0, 0.05) is 22.3 Å². The highest BCUT2D eigenvalue weighted by atomic mass is 32.1. The van der Waals surface area contributed by atoms with E-state index in [2.05, 4.69) is 48.4 Å². The maximum absolute atomic E-state index is 12.9. The van der Waals surface area contributed by atoms with Crippen molar-refractivity contribution in [3.8, 4) is 11.3 Å². The van der Waals surface area contributed by atoms with E-state index < -0.39 is 17.8 Å². The van der Waals surface area contributed by atoms with Gasteiger partial charge in [-0.3, -0.25) is 4.79 Å². The fourth-order valence-electron chi connectivity index (χ4n) is 4.68. The van der Waals surface area contributed by atoms with Crippen molar-refractivity contribution in [2.45, 2.75) is 33.6 Å². The molecule has 4 rings (SSSR count). The molecule has 1 aromatic carbocycles. The van der Waals surface area contributed by atoms with Gasteiger partial charge in [0.05, 0.1) is 11.6 Å². The number of anilines is 1. The highest BCUT2D eigenvalue weighted by molar-refractivity contribution is 7.16. The Morgan fingerprint density at radius 3 is 2.45 bits per heavy atom. The molecule has 0 radical (unpaired) electrons. The molecule has 1 saturated carbocycles. The number of aliphatic carboxylic acids is 1. The number of carbonyl (C=O) groups excluding carboxylic acids is 2. The zero-order valence-corrected chi connectivity index (χ0v) is 17.7. The number of thiazole rings is 1. The molecule has 1 N–H and O–H groups in total. The van der Waals surface area contributed by atoms with Gasteiger partial charge in [-0.25, -0.2) is 4.98 Å². The summed E-state index contributed by atoms with van der Waals surface area (Å²) in [6.45, 7) is 6.38. The number of carboxylic acids is 1. The van der Waals surface area contributed by atoms with Gasteiger partial charge >= 0.3 is 0 Å². The minimum atomic E-state index is -1.14. The molecule has 1 fully saturated rings. The van der Waals surface area contributed by atoms with Gasteiger partial charge in [-0.1, -0.05) is 50.3 Å². The fraction of sp³-hybridized carbons (Fsp3) is 0.435. The summed E-state index contributed by atoms with van der Waals surface area (Å²) in [5, 5.41) is 14.9. The lowest BCUT2D eigenvalue weighted by Gasteiger charge is -2.27. The number of hydrogen-bond acceptors (Lipinski definition) is 5. The van der Waals surface area contributed by atoms with E-state index in [1.807, 2.05) is 19.1 Å². The summed E-state index contributed by atoms with van der Waals surface area (Å²) >= 11 is 1.42. The van der Waals surface area contributed by atoms with E-state index in [0.717, 1.165) is 22.6 Å². The highest BCUT2D eigenvalue weighted by Crippen LogP contribution is 2.48. The number of aryl methyl sites for hydroxylation is 1. The van der Waals surface area contributed by atoms with E-state index >= 15 is 0 Å². The second-order valence-electron chi connectivity index (χ2n) is 8.53. The van der Waals surface area contributed by atoms with Crippen LogP contribution >= 0.6 is 11.3 Å². The smallest absolute Gasteiger partial charge is 0.230 e. The van der Waals surface area contributed by atoms with Crippen molar-refractivity contribution in [1.29, 1.82) is 0 Å². The van der Waals surface area contributed by atoms with Crippen LogP contribution in [0.1, 0.15) is 30.7 Å². The predicted molar refractivity (Wildman–Crippen MR) is 112 cm³/mol. The second kappa shape index (κ2) is 7.75. The zero-order chi connectivity index (χ0) is 20.7. The number of carbonyl (C=O) groups is 2. The van der Waals surface area contributed by atoms with E-state index in [1.54, 1.807) is 0 Å². The van der Waals surface area contributed by atoms with E-state index in [1.165, 1.54) is 16.9 Å². The number of amides is 1. The van der Waals surface area contributed by atoms with Gasteiger partial charge in [0.2, 0.25) is 5.91 Å². The van der Waals surface area contributed by atoms with Gasteiger partial charge in [0.25, 0.3) is 0 Å². The van der Waals surface area contributed by atoms with Gasteiger partial charge in [-0.2, -0.15) is 0 Å². The highest BCUT2D eigenvalue weighted by Gasteiger charge is 2.48. The number of aromatic nitrogens is 1. The number of hydrogen-bond donors (Lipinski definition) is 1. The third-order valence-corrected chi connectivity index (χ3v) is 6.82. The molecule has 2 aromatic rings. The van der Waals surface area contributed by atoms with Crippen molar-refractivity contribution < 1.29 is 14.7 Å². The van der Waals surface area contributed by atoms with Crippen LogP contribution in [0, 0.1) is 36.5 Å². The standard InChI is InChI=1S/C23H26N2O3S/c1-12(2)10-14-4-6-15(7-5-14)20-13(3)29-23(24-20)25-21(26)18-16-8-9-17(11-16)19(18)22(27)28/h4-9,12,16-19H,10-11H2,1-3H3,(H,27,28)(H,24,25,26)/p-1/t16-,17+,18+,19+/m1/s1. The minimum absolute atomic E-state index is 0.0306. The lowest BCUT2D eigenvalue weighted by Crippen LogP contribution is -2.42. The van der Waals surface area contributed by atoms with Gasteiger partial charge in [0.15, 0.2) is 5.13 Å². The largest absolute Gasteiger partial charge is 0.550 e. The van der Waals surface area contributed by atoms with Crippen LogP contribution < -0.4 is 10.4 Å². The molecule has 1 heterocycles. The van der Waals surface area contributed by atoms with Gasteiger partial charge in [0.1, 0.15) is 0 Å². The van der Waals surface area contributed by atoms with Gasteiger partial charge in [-0.05, 0) is 43.1 Å². The van der Waals surface area contributed by atoms with E-state index in [4.69, 9.17) is 0 Å². The number of fused-ring (bicyclic) bond motifs is 2. The molecule has 0 aliphatic heterocycles. The number of allylic oxidation sites excluding steroid dienone is 2. The van der Waals surface area contributed by atoms with Crippen molar-refractivity contribution in [3.05, 3.63) is 46.9 Å². The van der Waals surface area contributed by atoms with Crippen LogP contribution in [0.2, 0.25) is 0 Å². The van der Waals surface area contributed by atoms with Crippen molar-refractivity contribution in [2.75, 3.05) is 5.32 Å². The van der Waals surface area contributed by atoms with Crippen LogP contribution in [-0.4, -0.2) is 16.9 Å². The number of rotatable bonds is 6. The number of carboxylic acid groups (broad SMARTS) is 1. The van der Waals surface area contributed by atoms with E-state index in [0.29, 0.717) is 17.5 Å². The molecule has 4 atom stereocenters. The van der Waals surface area contributed by atoms with Crippen LogP contribution in [0.3, 0.4) is 0 Å². The maximum Gasteiger partial charge on any atom is 0.230 e. The molecular weight excluding hydrogens is 384 g/mol. The van der Waals surface area contributed by atoms with Crippen LogP contribution in [0.15, 0.2) is 36.4 Å². The monoisotopic (exact) mass is 409 g/mol. The predicted octanol–water partition coefficient (Wildman–Crippen LogP) is 3.44. The Morgan fingerprint density at radius 2 is 1.83 bits per heavy atom. The molecule has 0 saturated heterocycles. The third-order valence-electron chi connectivity index (χ3n) is 5.93.